The number of esters is 1. The lowest BCUT2D eigenvalue weighted by atomic mass is 10.1. The second kappa shape index (κ2) is 8.78. The third-order valence-electron chi connectivity index (χ3n) is 4.80. The van der Waals surface area contributed by atoms with Crippen molar-refractivity contribution in [3.8, 4) is 22.9 Å². The Morgan fingerprint density at radius 3 is 2.55 bits per heavy atom. The van der Waals surface area contributed by atoms with E-state index < -0.39 is 0 Å². The minimum Gasteiger partial charge on any atom is -0.489 e. The van der Waals surface area contributed by atoms with Crippen molar-refractivity contribution in [2.45, 2.75) is 19.4 Å². The second-order valence-electron chi connectivity index (χ2n) is 7.12. The summed E-state index contributed by atoms with van der Waals surface area (Å²) in [5.41, 5.74) is 3.32. The van der Waals surface area contributed by atoms with E-state index in [1.54, 1.807) is 12.1 Å². The topological polar surface area (TPSA) is 57.7 Å². The average Bonchev–Trinajstić information content (AvgIpc) is 3.61. The summed E-state index contributed by atoms with van der Waals surface area (Å²) in [5.74, 6) is 1.76. The fraction of sp³-hybridized carbons (Fsp3) is 0.250. The minimum absolute atomic E-state index is 0.346. The van der Waals surface area contributed by atoms with E-state index in [-0.39, 0.29) is 5.97 Å². The lowest BCUT2D eigenvalue weighted by molar-refractivity contribution is 0.0600. The Bertz CT molecular complexity index is 980. The maximum Gasteiger partial charge on any atom is 0.337 e. The summed E-state index contributed by atoms with van der Waals surface area (Å²) in [5, 5.41) is 0. The van der Waals surface area contributed by atoms with Crippen LogP contribution in [-0.4, -0.2) is 24.7 Å². The third-order valence-corrected chi connectivity index (χ3v) is 4.80. The fourth-order valence-corrected chi connectivity index (χ4v) is 2.91. The average molecular weight is 389 g/mol. The number of aromatic nitrogens is 1. The Hall–Kier alpha value is -3.34. The number of rotatable bonds is 8. The predicted octanol–water partition coefficient (Wildman–Crippen LogP) is 4.90. The molecule has 1 fully saturated rings. The van der Waals surface area contributed by atoms with Gasteiger partial charge in [0.15, 0.2) is 0 Å². The molecular formula is C24H23NO4. The van der Waals surface area contributed by atoms with Gasteiger partial charge >= 0.3 is 5.97 Å². The smallest absolute Gasteiger partial charge is 0.337 e. The van der Waals surface area contributed by atoms with Crippen molar-refractivity contribution >= 4 is 5.97 Å². The first-order valence-corrected chi connectivity index (χ1v) is 9.71. The number of hydrogen-bond acceptors (Lipinski definition) is 5. The molecule has 4 rings (SSSR count). The zero-order valence-corrected chi connectivity index (χ0v) is 16.3. The number of hydrogen-bond donors (Lipinski definition) is 0. The van der Waals surface area contributed by atoms with E-state index in [1.165, 1.54) is 20.0 Å². The Morgan fingerprint density at radius 2 is 1.79 bits per heavy atom. The summed E-state index contributed by atoms with van der Waals surface area (Å²) in [7, 11) is 1.37. The molecule has 0 unspecified atom stereocenters. The SMILES string of the molecule is COC(=O)c1ccc(COc2cccc(-c3cccc(OCC4CC4)n3)c2)cc1. The summed E-state index contributed by atoms with van der Waals surface area (Å²) in [6.07, 6.45) is 2.51. The molecule has 1 aromatic heterocycles. The summed E-state index contributed by atoms with van der Waals surface area (Å²) >= 11 is 0. The Kier molecular flexibility index (Phi) is 5.75. The molecule has 1 aliphatic carbocycles. The highest BCUT2D eigenvalue weighted by Crippen LogP contribution is 2.30. The molecule has 0 amide bonds. The Morgan fingerprint density at radius 1 is 1.00 bits per heavy atom. The van der Waals surface area contributed by atoms with Gasteiger partial charge in [-0.1, -0.05) is 30.3 Å². The van der Waals surface area contributed by atoms with Crippen molar-refractivity contribution in [1.82, 2.24) is 4.98 Å². The number of carbonyl (C=O) groups is 1. The van der Waals surface area contributed by atoms with Crippen LogP contribution in [0.1, 0.15) is 28.8 Å². The van der Waals surface area contributed by atoms with Crippen LogP contribution >= 0.6 is 0 Å². The molecule has 0 aliphatic heterocycles. The molecule has 0 saturated heterocycles. The molecule has 29 heavy (non-hydrogen) atoms. The summed E-state index contributed by atoms with van der Waals surface area (Å²) < 4.78 is 16.4. The first kappa shape index (κ1) is 19.0. The van der Waals surface area contributed by atoms with Crippen LogP contribution in [0.25, 0.3) is 11.3 Å². The van der Waals surface area contributed by atoms with Crippen LogP contribution in [0.5, 0.6) is 11.6 Å². The number of pyridine rings is 1. The van der Waals surface area contributed by atoms with Crippen molar-refractivity contribution in [2.75, 3.05) is 13.7 Å². The third kappa shape index (κ3) is 5.13. The normalized spacial score (nSPS) is 13.0. The van der Waals surface area contributed by atoms with E-state index in [1.807, 2.05) is 54.6 Å². The Balaban J connectivity index is 1.40. The molecule has 1 saturated carbocycles. The lowest BCUT2D eigenvalue weighted by Crippen LogP contribution is -2.02. The van der Waals surface area contributed by atoms with Gasteiger partial charge in [-0.05, 0) is 54.7 Å². The zero-order valence-electron chi connectivity index (χ0n) is 16.3. The highest BCUT2D eigenvalue weighted by Gasteiger charge is 2.22. The van der Waals surface area contributed by atoms with Crippen LogP contribution in [0.2, 0.25) is 0 Å². The molecular weight excluding hydrogens is 366 g/mol. The van der Waals surface area contributed by atoms with E-state index in [9.17, 15) is 4.79 Å². The van der Waals surface area contributed by atoms with Crippen LogP contribution < -0.4 is 9.47 Å². The van der Waals surface area contributed by atoms with E-state index >= 15 is 0 Å². The highest BCUT2D eigenvalue weighted by molar-refractivity contribution is 5.89. The Labute approximate surface area is 170 Å². The van der Waals surface area contributed by atoms with Gasteiger partial charge in [-0.25, -0.2) is 9.78 Å². The van der Waals surface area contributed by atoms with Crippen molar-refractivity contribution < 1.29 is 19.0 Å². The lowest BCUT2D eigenvalue weighted by Gasteiger charge is -2.10. The largest absolute Gasteiger partial charge is 0.489 e. The van der Waals surface area contributed by atoms with Gasteiger partial charge in [0.2, 0.25) is 5.88 Å². The first-order chi connectivity index (χ1) is 14.2. The van der Waals surface area contributed by atoms with Crippen molar-refractivity contribution in [3.05, 3.63) is 77.9 Å². The van der Waals surface area contributed by atoms with E-state index in [2.05, 4.69) is 4.98 Å². The maximum absolute atomic E-state index is 11.5. The van der Waals surface area contributed by atoms with Gasteiger partial charge in [0, 0.05) is 11.6 Å². The van der Waals surface area contributed by atoms with Crippen LogP contribution in [0.15, 0.2) is 66.7 Å². The van der Waals surface area contributed by atoms with Gasteiger partial charge in [-0.2, -0.15) is 0 Å². The fourth-order valence-electron chi connectivity index (χ4n) is 2.91. The van der Waals surface area contributed by atoms with Crippen molar-refractivity contribution in [3.63, 3.8) is 0 Å². The number of benzene rings is 2. The van der Waals surface area contributed by atoms with Crippen LogP contribution in [0.4, 0.5) is 0 Å². The molecule has 5 nitrogen and oxygen atoms in total. The monoisotopic (exact) mass is 389 g/mol. The molecule has 0 radical (unpaired) electrons. The molecule has 0 spiro atoms. The number of nitrogens with zero attached hydrogens (tertiary/aromatic N) is 1. The van der Waals surface area contributed by atoms with Crippen molar-refractivity contribution in [1.29, 1.82) is 0 Å². The molecule has 1 aliphatic rings. The molecule has 148 valence electrons. The standard InChI is InChI=1S/C24H23NO4/c1-27-24(26)19-12-10-18(11-13-19)15-28-21-5-2-4-20(14-21)22-6-3-7-23(25-22)29-16-17-8-9-17/h2-7,10-14,17H,8-9,15-16H2,1H3. The maximum atomic E-state index is 11.5. The second-order valence-corrected chi connectivity index (χ2v) is 7.12. The molecule has 2 aromatic carbocycles. The highest BCUT2D eigenvalue weighted by atomic mass is 16.5. The first-order valence-electron chi connectivity index (χ1n) is 9.71. The summed E-state index contributed by atoms with van der Waals surface area (Å²) in [6, 6.07) is 20.8. The van der Waals surface area contributed by atoms with E-state index in [4.69, 9.17) is 14.2 Å². The summed E-state index contributed by atoms with van der Waals surface area (Å²) in [6.45, 7) is 1.15. The van der Waals surface area contributed by atoms with Gasteiger partial charge in [-0.3, -0.25) is 0 Å². The van der Waals surface area contributed by atoms with Gasteiger partial charge < -0.3 is 14.2 Å². The van der Waals surface area contributed by atoms with Crippen LogP contribution in [-0.2, 0) is 11.3 Å². The summed E-state index contributed by atoms with van der Waals surface area (Å²) in [4.78, 5) is 16.1. The molecule has 5 heteroatoms. The molecule has 0 atom stereocenters. The molecule has 0 N–H and O–H groups in total. The predicted molar refractivity (Wildman–Crippen MR) is 110 cm³/mol. The van der Waals surface area contributed by atoms with Crippen molar-refractivity contribution in [2.24, 2.45) is 5.92 Å². The molecule has 1 heterocycles. The number of ether oxygens (including phenoxy) is 3. The minimum atomic E-state index is -0.346. The number of carbonyl (C=O) groups excluding carboxylic acids is 1. The molecule has 3 aromatic rings. The van der Waals surface area contributed by atoms with Gasteiger partial charge in [0.1, 0.15) is 12.4 Å². The van der Waals surface area contributed by atoms with Crippen LogP contribution in [0, 0.1) is 5.92 Å². The quantitative estimate of drug-likeness (QED) is 0.513. The van der Waals surface area contributed by atoms with Gasteiger partial charge in [-0.15, -0.1) is 0 Å². The zero-order chi connectivity index (χ0) is 20.1. The molecule has 0 bridgehead atoms. The van der Waals surface area contributed by atoms with E-state index in [0.717, 1.165) is 29.2 Å². The van der Waals surface area contributed by atoms with Gasteiger partial charge in [0.25, 0.3) is 0 Å². The number of methoxy groups -OCH3 is 1. The van der Waals surface area contributed by atoms with Gasteiger partial charge in [0.05, 0.1) is 25.0 Å². The van der Waals surface area contributed by atoms with Crippen LogP contribution in [0.3, 0.4) is 0 Å². The van der Waals surface area contributed by atoms with E-state index in [0.29, 0.717) is 24.0 Å².